The number of nitrogens with one attached hydrogen (secondary N) is 1. The Morgan fingerprint density at radius 2 is 1.95 bits per heavy atom. The summed E-state index contributed by atoms with van der Waals surface area (Å²) in [7, 11) is 2.06. The van der Waals surface area contributed by atoms with Crippen LogP contribution in [0, 0.1) is 5.92 Å². The fourth-order valence-corrected chi connectivity index (χ4v) is 3.05. The minimum Gasteiger partial charge on any atom is -0.317 e. The number of nitrogens with zero attached hydrogens (tertiary/aromatic N) is 2. The highest BCUT2D eigenvalue weighted by Crippen LogP contribution is 2.24. The Kier molecular flexibility index (Phi) is 7.08. The Bertz CT molecular complexity index is 385. The number of aromatic nitrogens is 2. The molecule has 0 fully saturated rings. The summed E-state index contributed by atoms with van der Waals surface area (Å²) in [6.45, 7) is 9.83. The first-order valence-electron chi connectivity index (χ1n) is 7.44. The van der Waals surface area contributed by atoms with E-state index < -0.39 is 0 Å². The smallest absolute Gasteiger partial charge is 0.0766 e. The third kappa shape index (κ3) is 4.60. The molecule has 0 aromatic carbocycles. The van der Waals surface area contributed by atoms with Crippen LogP contribution in [0.4, 0.5) is 0 Å². The highest BCUT2D eigenvalue weighted by molar-refractivity contribution is 9.10. The van der Waals surface area contributed by atoms with Crippen molar-refractivity contribution in [3.8, 4) is 0 Å². The fraction of sp³-hybridized carbons (Fsp3) is 0.800. The molecule has 0 aliphatic heterocycles. The number of rotatable bonds is 8. The molecule has 0 spiro atoms. The molecule has 1 unspecified atom stereocenters. The van der Waals surface area contributed by atoms with Crippen molar-refractivity contribution in [3.63, 3.8) is 0 Å². The van der Waals surface area contributed by atoms with E-state index in [9.17, 15) is 0 Å². The molecule has 0 amide bonds. The largest absolute Gasteiger partial charge is 0.317 e. The Morgan fingerprint density at radius 1 is 1.26 bits per heavy atom. The first-order valence-corrected chi connectivity index (χ1v) is 8.23. The van der Waals surface area contributed by atoms with Gasteiger partial charge in [0, 0.05) is 19.0 Å². The lowest BCUT2D eigenvalue weighted by Crippen LogP contribution is -2.29. The molecule has 0 aliphatic rings. The Balaban J connectivity index is 2.80. The van der Waals surface area contributed by atoms with Gasteiger partial charge in [-0.3, -0.25) is 4.68 Å². The van der Waals surface area contributed by atoms with Gasteiger partial charge in [-0.15, -0.1) is 0 Å². The lowest BCUT2D eigenvalue weighted by atomic mass is 10.00. The summed E-state index contributed by atoms with van der Waals surface area (Å²) in [5, 5.41) is 8.12. The molecule has 1 rings (SSSR count). The molecule has 110 valence electrons. The molecular formula is C15H28BrN3. The number of aryl methyl sites for hydroxylation is 2. The summed E-state index contributed by atoms with van der Waals surface area (Å²) in [4.78, 5) is 0. The molecule has 0 bridgehead atoms. The van der Waals surface area contributed by atoms with Crippen LogP contribution in [-0.2, 0) is 19.4 Å². The van der Waals surface area contributed by atoms with Crippen LogP contribution >= 0.6 is 15.9 Å². The summed E-state index contributed by atoms with van der Waals surface area (Å²) < 4.78 is 3.35. The zero-order chi connectivity index (χ0) is 14.4. The van der Waals surface area contributed by atoms with Gasteiger partial charge < -0.3 is 5.32 Å². The molecule has 0 radical (unpaired) electrons. The maximum Gasteiger partial charge on any atom is 0.0766 e. The van der Waals surface area contributed by atoms with Crippen molar-refractivity contribution in [2.24, 2.45) is 5.92 Å². The molecule has 1 aromatic heterocycles. The number of halogens is 1. The third-order valence-electron chi connectivity index (χ3n) is 3.63. The molecule has 1 heterocycles. The molecule has 0 saturated carbocycles. The summed E-state index contributed by atoms with van der Waals surface area (Å²) in [6.07, 6.45) is 4.52. The normalized spacial score (nSPS) is 13.2. The predicted octanol–water partition coefficient (Wildman–Crippen LogP) is 3.79. The molecule has 1 aromatic rings. The van der Waals surface area contributed by atoms with Crippen molar-refractivity contribution in [2.45, 2.75) is 66.0 Å². The average molecular weight is 330 g/mol. The average Bonchev–Trinajstić information content (AvgIpc) is 2.70. The second-order valence-corrected chi connectivity index (χ2v) is 6.33. The minimum atomic E-state index is 0.533. The van der Waals surface area contributed by atoms with E-state index in [1.165, 1.54) is 28.7 Å². The van der Waals surface area contributed by atoms with Crippen LogP contribution in [0.2, 0.25) is 0 Å². The van der Waals surface area contributed by atoms with Gasteiger partial charge in [-0.25, -0.2) is 0 Å². The van der Waals surface area contributed by atoms with Crippen molar-refractivity contribution < 1.29 is 0 Å². The van der Waals surface area contributed by atoms with Crippen LogP contribution in [0.15, 0.2) is 4.47 Å². The molecule has 3 nitrogen and oxygen atoms in total. The second-order valence-electron chi connectivity index (χ2n) is 5.54. The topological polar surface area (TPSA) is 29.9 Å². The predicted molar refractivity (Wildman–Crippen MR) is 85.6 cm³/mol. The monoisotopic (exact) mass is 329 g/mol. The minimum absolute atomic E-state index is 0.533. The number of likely N-dealkylation sites (N-methyl/N-ethyl adjacent to an activating group) is 1. The van der Waals surface area contributed by atoms with E-state index in [2.05, 4.69) is 65.8 Å². The summed E-state index contributed by atoms with van der Waals surface area (Å²) in [6, 6.07) is 0.533. The molecule has 0 aliphatic carbocycles. The maximum absolute atomic E-state index is 4.67. The van der Waals surface area contributed by atoms with E-state index in [1.807, 2.05) is 0 Å². The Hall–Kier alpha value is -0.350. The highest BCUT2D eigenvalue weighted by atomic mass is 79.9. The van der Waals surface area contributed by atoms with E-state index in [0.717, 1.165) is 25.3 Å². The van der Waals surface area contributed by atoms with E-state index >= 15 is 0 Å². The Morgan fingerprint density at radius 3 is 2.42 bits per heavy atom. The van der Waals surface area contributed by atoms with Gasteiger partial charge in [0.15, 0.2) is 0 Å². The van der Waals surface area contributed by atoms with Crippen molar-refractivity contribution in [3.05, 3.63) is 15.9 Å². The quantitative estimate of drug-likeness (QED) is 0.786. The van der Waals surface area contributed by atoms with Crippen LogP contribution < -0.4 is 5.32 Å². The van der Waals surface area contributed by atoms with Crippen LogP contribution in [0.3, 0.4) is 0 Å². The summed E-state index contributed by atoms with van der Waals surface area (Å²) in [5.41, 5.74) is 2.51. The molecule has 1 N–H and O–H groups in total. The van der Waals surface area contributed by atoms with Crippen molar-refractivity contribution in [1.29, 1.82) is 0 Å². The molecule has 19 heavy (non-hydrogen) atoms. The standard InChI is InChI=1S/C15H28BrN3/c1-6-13-15(16)14(19(7-2)18-13)10-12(17-5)9-8-11(3)4/h11-12,17H,6-10H2,1-5H3. The van der Waals surface area contributed by atoms with E-state index in [1.54, 1.807) is 0 Å². The van der Waals surface area contributed by atoms with Gasteiger partial charge in [-0.2, -0.15) is 5.10 Å². The van der Waals surface area contributed by atoms with Crippen LogP contribution in [0.25, 0.3) is 0 Å². The van der Waals surface area contributed by atoms with E-state index in [0.29, 0.717) is 6.04 Å². The third-order valence-corrected chi connectivity index (χ3v) is 4.55. The first kappa shape index (κ1) is 16.7. The van der Waals surface area contributed by atoms with Gasteiger partial charge >= 0.3 is 0 Å². The summed E-state index contributed by atoms with van der Waals surface area (Å²) in [5.74, 6) is 0.765. The van der Waals surface area contributed by atoms with Gasteiger partial charge in [0.05, 0.1) is 15.9 Å². The first-order chi connectivity index (χ1) is 9.03. The van der Waals surface area contributed by atoms with Crippen molar-refractivity contribution in [2.75, 3.05) is 7.05 Å². The van der Waals surface area contributed by atoms with Crippen molar-refractivity contribution >= 4 is 15.9 Å². The highest BCUT2D eigenvalue weighted by Gasteiger charge is 2.17. The number of hydrogen-bond acceptors (Lipinski definition) is 2. The van der Waals surface area contributed by atoms with E-state index in [-0.39, 0.29) is 0 Å². The summed E-state index contributed by atoms with van der Waals surface area (Å²) >= 11 is 3.73. The molecule has 1 atom stereocenters. The molecule has 0 saturated heterocycles. The number of hydrogen-bond donors (Lipinski definition) is 1. The SMILES string of the molecule is CCc1nn(CC)c(CC(CCC(C)C)NC)c1Br. The molecular weight excluding hydrogens is 302 g/mol. The van der Waals surface area contributed by atoms with Crippen LogP contribution in [0.1, 0.15) is 51.9 Å². The van der Waals surface area contributed by atoms with Gasteiger partial charge in [-0.1, -0.05) is 20.8 Å². The Labute approximate surface area is 126 Å². The zero-order valence-corrected chi connectivity index (χ0v) is 14.5. The van der Waals surface area contributed by atoms with Gasteiger partial charge in [0.25, 0.3) is 0 Å². The van der Waals surface area contributed by atoms with Gasteiger partial charge in [0.1, 0.15) is 0 Å². The van der Waals surface area contributed by atoms with Gasteiger partial charge in [0.2, 0.25) is 0 Å². The van der Waals surface area contributed by atoms with Gasteiger partial charge in [-0.05, 0) is 55.1 Å². The molecule has 4 heteroatoms. The van der Waals surface area contributed by atoms with Crippen LogP contribution in [0.5, 0.6) is 0 Å². The lowest BCUT2D eigenvalue weighted by molar-refractivity contribution is 0.439. The zero-order valence-electron chi connectivity index (χ0n) is 13.0. The maximum atomic E-state index is 4.67. The lowest BCUT2D eigenvalue weighted by Gasteiger charge is -2.18. The van der Waals surface area contributed by atoms with Crippen molar-refractivity contribution in [1.82, 2.24) is 15.1 Å². The van der Waals surface area contributed by atoms with Crippen LogP contribution in [-0.4, -0.2) is 22.9 Å². The van der Waals surface area contributed by atoms with E-state index in [4.69, 9.17) is 0 Å². The second kappa shape index (κ2) is 8.05. The fourth-order valence-electron chi connectivity index (χ4n) is 2.33.